The maximum Gasteiger partial charge on any atom is 0.254 e. The molecule has 6 nitrogen and oxygen atoms in total. The molecule has 6 heteroatoms. The molecule has 24 heavy (non-hydrogen) atoms. The number of aromatic nitrogens is 4. The van der Waals surface area contributed by atoms with Gasteiger partial charge in [0, 0.05) is 36.9 Å². The van der Waals surface area contributed by atoms with Gasteiger partial charge in [0.25, 0.3) is 5.78 Å². The smallest absolute Gasteiger partial charge is 0.254 e. The summed E-state index contributed by atoms with van der Waals surface area (Å²) in [6.07, 6.45) is 9.21. The Labute approximate surface area is 143 Å². The van der Waals surface area contributed by atoms with Gasteiger partial charge in [-0.05, 0) is 32.6 Å². The predicted molar refractivity (Wildman–Crippen MR) is 93.3 cm³/mol. The molecule has 2 aliphatic rings. The van der Waals surface area contributed by atoms with Crippen LogP contribution in [0.25, 0.3) is 5.78 Å². The third-order valence-corrected chi connectivity index (χ3v) is 6.12. The standard InChI is InChI=1S/C18H27N5O/c1-4-13-10-16(23-17(21-13)19-12-20-23)22(3)14-11-15(24-5-2)18(14)8-6-7-9-18/h10,12,14-15H,4-9,11H2,1-3H3. The summed E-state index contributed by atoms with van der Waals surface area (Å²) < 4.78 is 7.95. The monoisotopic (exact) mass is 329 g/mol. The van der Waals surface area contributed by atoms with Crippen LogP contribution in [0.15, 0.2) is 12.4 Å². The van der Waals surface area contributed by atoms with E-state index in [4.69, 9.17) is 4.74 Å². The molecule has 2 aromatic heterocycles. The first-order chi connectivity index (χ1) is 11.7. The molecular weight excluding hydrogens is 302 g/mol. The molecule has 0 amide bonds. The van der Waals surface area contributed by atoms with E-state index in [0.717, 1.165) is 31.0 Å². The average Bonchev–Trinajstić information content (AvgIpc) is 3.26. The summed E-state index contributed by atoms with van der Waals surface area (Å²) in [5.41, 5.74) is 1.38. The maximum atomic E-state index is 6.08. The summed E-state index contributed by atoms with van der Waals surface area (Å²) in [5, 5.41) is 4.40. The van der Waals surface area contributed by atoms with Gasteiger partial charge < -0.3 is 9.64 Å². The largest absolute Gasteiger partial charge is 0.378 e. The van der Waals surface area contributed by atoms with E-state index in [2.05, 4.69) is 46.9 Å². The van der Waals surface area contributed by atoms with Crippen LogP contribution in [0.4, 0.5) is 5.82 Å². The Morgan fingerprint density at radius 1 is 1.33 bits per heavy atom. The van der Waals surface area contributed by atoms with Gasteiger partial charge in [-0.2, -0.15) is 14.6 Å². The van der Waals surface area contributed by atoms with Crippen molar-refractivity contribution in [3.05, 3.63) is 18.1 Å². The second-order valence-electron chi connectivity index (χ2n) is 7.18. The van der Waals surface area contributed by atoms with Crippen LogP contribution in [0.5, 0.6) is 0 Å². The minimum absolute atomic E-state index is 0.313. The van der Waals surface area contributed by atoms with Crippen LogP contribution < -0.4 is 4.90 Å². The highest BCUT2D eigenvalue weighted by Crippen LogP contribution is 2.56. The third kappa shape index (κ3) is 2.23. The van der Waals surface area contributed by atoms with Crippen LogP contribution in [0.2, 0.25) is 0 Å². The van der Waals surface area contributed by atoms with Gasteiger partial charge in [0.05, 0.1) is 6.10 Å². The number of nitrogens with zero attached hydrogens (tertiary/aromatic N) is 5. The van der Waals surface area contributed by atoms with Crippen molar-refractivity contribution >= 4 is 11.6 Å². The minimum Gasteiger partial charge on any atom is -0.378 e. The molecule has 4 rings (SSSR count). The van der Waals surface area contributed by atoms with E-state index in [1.807, 2.05) is 4.52 Å². The number of anilines is 1. The Morgan fingerprint density at radius 3 is 2.83 bits per heavy atom. The van der Waals surface area contributed by atoms with Crippen molar-refractivity contribution in [3.63, 3.8) is 0 Å². The molecule has 0 aromatic carbocycles. The first-order valence-corrected chi connectivity index (χ1v) is 9.23. The molecule has 2 fully saturated rings. The zero-order chi connectivity index (χ0) is 16.7. The molecule has 0 aliphatic heterocycles. The van der Waals surface area contributed by atoms with E-state index in [9.17, 15) is 0 Å². The van der Waals surface area contributed by atoms with E-state index in [0.29, 0.717) is 23.3 Å². The summed E-state index contributed by atoms with van der Waals surface area (Å²) in [6, 6.07) is 2.68. The van der Waals surface area contributed by atoms with Crippen molar-refractivity contribution in [1.82, 2.24) is 19.6 Å². The van der Waals surface area contributed by atoms with E-state index in [1.165, 1.54) is 25.7 Å². The van der Waals surface area contributed by atoms with Crippen LogP contribution >= 0.6 is 0 Å². The summed E-state index contributed by atoms with van der Waals surface area (Å²) in [4.78, 5) is 11.3. The van der Waals surface area contributed by atoms with E-state index in [1.54, 1.807) is 6.33 Å². The van der Waals surface area contributed by atoms with Crippen molar-refractivity contribution < 1.29 is 4.74 Å². The number of hydrogen-bond donors (Lipinski definition) is 0. The maximum absolute atomic E-state index is 6.08. The van der Waals surface area contributed by atoms with Crippen LogP contribution in [0, 0.1) is 5.41 Å². The van der Waals surface area contributed by atoms with Gasteiger partial charge in [0.15, 0.2) is 0 Å². The Morgan fingerprint density at radius 2 is 2.12 bits per heavy atom. The quantitative estimate of drug-likeness (QED) is 0.844. The van der Waals surface area contributed by atoms with Crippen molar-refractivity contribution in [3.8, 4) is 0 Å². The molecule has 0 bridgehead atoms. The Hall–Kier alpha value is -1.69. The van der Waals surface area contributed by atoms with Crippen molar-refractivity contribution in [2.75, 3.05) is 18.6 Å². The fourth-order valence-electron chi connectivity index (χ4n) is 4.83. The zero-order valence-electron chi connectivity index (χ0n) is 14.9. The van der Waals surface area contributed by atoms with E-state index in [-0.39, 0.29) is 0 Å². The molecule has 2 aliphatic carbocycles. The van der Waals surface area contributed by atoms with Crippen molar-refractivity contribution in [1.29, 1.82) is 0 Å². The molecule has 2 atom stereocenters. The van der Waals surface area contributed by atoms with E-state index < -0.39 is 0 Å². The molecule has 130 valence electrons. The predicted octanol–water partition coefficient (Wildman–Crippen LogP) is 2.86. The Bertz CT molecular complexity index is 721. The summed E-state index contributed by atoms with van der Waals surface area (Å²) in [6.45, 7) is 5.05. The van der Waals surface area contributed by atoms with Gasteiger partial charge in [-0.25, -0.2) is 4.98 Å². The number of rotatable bonds is 5. The SMILES string of the molecule is CCOC1CC(N(C)c2cc(CC)nc3ncnn23)C12CCCC2. The van der Waals surface area contributed by atoms with Crippen LogP contribution in [0.3, 0.4) is 0 Å². The van der Waals surface area contributed by atoms with Crippen LogP contribution in [-0.2, 0) is 11.2 Å². The lowest BCUT2D eigenvalue weighted by molar-refractivity contribution is -0.121. The minimum atomic E-state index is 0.313. The van der Waals surface area contributed by atoms with E-state index >= 15 is 0 Å². The summed E-state index contributed by atoms with van der Waals surface area (Å²) in [5.74, 6) is 1.79. The normalized spacial score (nSPS) is 25.3. The average molecular weight is 329 g/mol. The lowest BCUT2D eigenvalue weighted by Crippen LogP contribution is -2.63. The zero-order valence-corrected chi connectivity index (χ0v) is 14.9. The molecule has 0 saturated heterocycles. The second kappa shape index (κ2) is 5.99. The first kappa shape index (κ1) is 15.8. The van der Waals surface area contributed by atoms with Gasteiger partial charge in [-0.3, -0.25) is 0 Å². The number of aryl methyl sites for hydroxylation is 1. The van der Waals surface area contributed by atoms with Crippen LogP contribution in [-0.4, -0.2) is 45.4 Å². The molecule has 2 aromatic rings. The van der Waals surface area contributed by atoms with Gasteiger partial charge >= 0.3 is 0 Å². The van der Waals surface area contributed by atoms with Gasteiger partial charge in [0.1, 0.15) is 12.1 Å². The Balaban J connectivity index is 1.69. The van der Waals surface area contributed by atoms with Crippen molar-refractivity contribution in [2.45, 2.75) is 64.5 Å². The molecule has 2 saturated carbocycles. The fraction of sp³-hybridized carbons (Fsp3) is 0.722. The lowest BCUT2D eigenvalue weighted by atomic mass is 9.60. The molecule has 1 spiro atoms. The highest BCUT2D eigenvalue weighted by molar-refractivity contribution is 5.49. The highest BCUT2D eigenvalue weighted by atomic mass is 16.5. The highest BCUT2D eigenvalue weighted by Gasteiger charge is 2.58. The molecule has 0 radical (unpaired) electrons. The first-order valence-electron chi connectivity index (χ1n) is 9.23. The summed E-state index contributed by atoms with van der Waals surface area (Å²) >= 11 is 0. The van der Waals surface area contributed by atoms with Gasteiger partial charge in [-0.1, -0.05) is 19.8 Å². The lowest BCUT2D eigenvalue weighted by Gasteiger charge is -2.57. The molecule has 2 unspecified atom stereocenters. The molecule has 0 N–H and O–H groups in total. The summed E-state index contributed by atoms with van der Waals surface area (Å²) in [7, 11) is 2.20. The van der Waals surface area contributed by atoms with Crippen LogP contribution in [0.1, 0.15) is 51.6 Å². The third-order valence-electron chi connectivity index (χ3n) is 6.12. The van der Waals surface area contributed by atoms with Gasteiger partial charge in [-0.15, -0.1) is 0 Å². The molecule has 2 heterocycles. The number of ether oxygens (including phenoxy) is 1. The number of hydrogen-bond acceptors (Lipinski definition) is 5. The number of fused-ring (bicyclic) bond motifs is 1. The topological polar surface area (TPSA) is 55.5 Å². The van der Waals surface area contributed by atoms with Crippen molar-refractivity contribution in [2.24, 2.45) is 5.41 Å². The fourth-order valence-corrected chi connectivity index (χ4v) is 4.83. The molecular formula is C18H27N5O. The Kier molecular flexibility index (Phi) is 3.95. The van der Waals surface area contributed by atoms with Gasteiger partial charge in [0.2, 0.25) is 0 Å². The second-order valence-corrected chi connectivity index (χ2v) is 7.18.